The van der Waals surface area contributed by atoms with Crippen molar-refractivity contribution in [3.63, 3.8) is 0 Å². The Morgan fingerprint density at radius 2 is 0.529 bits per heavy atom. The van der Waals surface area contributed by atoms with E-state index in [1.807, 2.05) is 0 Å². The van der Waals surface area contributed by atoms with E-state index in [-0.39, 0.29) is 0 Å². The van der Waals surface area contributed by atoms with Crippen LogP contribution in [0.2, 0.25) is 0 Å². The molecule has 0 saturated heterocycles. The minimum atomic E-state index is -9.19. The maximum Gasteiger partial charge on any atom is 0.460 e. The van der Waals surface area contributed by atoms with Crippen molar-refractivity contribution in [3.05, 3.63) is 0 Å². The van der Waals surface area contributed by atoms with Gasteiger partial charge in [0.1, 0.15) is 6.10 Å². The average Bonchev–Trinajstić information content (AvgIpc) is 2.58. The third-order valence-electron chi connectivity index (χ3n) is 4.06. The number of alkyl halides is 21. The van der Waals surface area contributed by atoms with Gasteiger partial charge < -0.3 is 5.11 Å². The molecule has 0 aliphatic rings. The molecule has 0 aromatic rings. The van der Waals surface area contributed by atoms with Gasteiger partial charge >= 0.3 is 59.5 Å². The summed E-state index contributed by atoms with van der Waals surface area (Å²) in [6.07, 6.45) is -12.2. The van der Waals surface area contributed by atoms with Crippen LogP contribution in [0, 0.1) is 0 Å². The highest BCUT2D eigenvalue weighted by molar-refractivity contribution is 5.18. The first-order chi connectivity index (χ1) is 14.2. The summed E-state index contributed by atoms with van der Waals surface area (Å²) in [5, 5.41) is 8.26. The minimum absolute atomic E-state index is 0.594. The van der Waals surface area contributed by atoms with E-state index < -0.39 is 72.5 Å². The molecular weight excluding hydrogens is 559 g/mol. The summed E-state index contributed by atoms with van der Waals surface area (Å²) < 4.78 is 272. The van der Waals surface area contributed by atoms with Crippen LogP contribution in [0.1, 0.15) is 6.92 Å². The molecule has 0 aromatic carbocycles. The monoisotopic (exact) mass is 564 g/mol. The highest BCUT2D eigenvalue weighted by atomic mass is 19.4. The molecule has 22 heteroatoms. The van der Waals surface area contributed by atoms with Gasteiger partial charge in [0.15, 0.2) is 0 Å². The Morgan fingerprint density at radius 3 is 0.706 bits per heavy atom. The molecule has 0 amide bonds. The molecule has 0 radical (unpaired) electrons. The second-order valence-electron chi connectivity index (χ2n) is 6.39. The summed E-state index contributed by atoms with van der Waals surface area (Å²) in [6.45, 7) is -0.594. The lowest BCUT2D eigenvalue weighted by molar-refractivity contribution is -0.475. The predicted molar refractivity (Wildman–Crippen MR) is 62.3 cm³/mol. The van der Waals surface area contributed by atoms with Crippen molar-refractivity contribution in [1.29, 1.82) is 0 Å². The molecule has 0 fully saturated rings. The number of hydrogen-bond donors (Lipinski definition) is 1. The minimum Gasteiger partial charge on any atom is -0.387 e. The molecule has 0 aliphatic heterocycles. The number of rotatable bonds is 9. The second kappa shape index (κ2) is 7.74. The van der Waals surface area contributed by atoms with Crippen molar-refractivity contribution >= 4 is 0 Å². The number of aliphatic hydroxyl groups excluding tert-OH is 1. The Bertz CT molecular complexity index is 743. The van der Waals surface area contributed by atoms with Gasteiger partial charge in [-0.2, -0.15) is 92.2 Å². The van der Waals surface area contributed by atoms with Crippen LogP contribution in [0.15, 0.2) is 0 Å². The molecule has 0 aromatic heterocycles. The Kier molecular flexibility index (Phi) is 7.40. The Morgan fingerprint density at radius 1 is 0.353 bits per heavy atom. The highest BCUT2D eigenvalue weighted by Crippen LogP contribution is 2.66. The Hall–Kier alpha value is -1.51. The van der Waals surface area contributed by atoms with Crippen LogP contribution < -0.4 is 0 Å². The van der Waals surface area contributed by atoms with Gasteiger partial charge in [-0.3, -0.25) is 0 Å². The SMILES string of the molecule is CC(O)C(F)(F)C(F)(F)C(F)(F)C(F)(F)C(F)(F)C(F)(F)C(F)(F)C(F)(F)C(F)(F)C(F)(F)F. The molecule has 1 atom stereocenters. The van der Waals surface area contributed by atoms with Crippen LogP contribution in [0.25, 0.3) is 0 Å². The zero-order chi connectivity index (χ0) is 28.6. The zero-order valence-electron chi connectivity index (χ0n) is 15.0. The molecule has 1 N–H and O–H groups in total. The third kappa shape index (κ3) is 3.63. The predicted octanol–water partition coefficient (Wildman–Crippen LogP) is 6.65. The standard InChI is InChI=1S/C12H5F21O/c1-2(34)3(13,14)4(15,16)5(17,18)6(19,20)7(21,22)8(23,24)9(25,26)10(27,28)11(29,30)12(31,32)33/h2,34H,1H3. The van der Waals surface area contributed by atoms with E-state index in [0.717, 1.165) is 0 Å². The summed E-state index contributed by atoms with van der Waals surface area (Å²) >= 11 is 0. The van der Waals surface area contributed by atoms with Crippen LogP contribution in [0.4, 0.5) is 92.2 Å². The van der Waals surface area contributed by atoms with Crippen LogP contribution in [-0.2, 0) is 0 Å². The summed E-state index contributed by atoms with van der Waals surface area (Å²) in [5.41, 5.74) is 0. The summed E-state index contributed by atoms with van der Waals surface area (Å²) in [5.74, 6) is -77.6. The molecule has 0 aliphatic carbocycles. The van der Waals surface area contributed by atoms with Gasteiger partial charge in [-0.25, -0.2) is 0 Å². The van der Waals surface area contributed by atoms with Crippen molar-refractivity contribution in [1.82, 2.24) is 0 Å². The Balaban J connectivity index is 7.08. The fourth-order valence-electron chi connectivity index (χ4n) is 1.83. The van der Waals surface area contributed by atoms with Crippen molar-refractivity contribution in [2.45, 2.75) is 72.5 Å². The van der Waals surface area contributed by atoms with Crippen molar-refractivity contribution in [2.75, 3.05) is 0 Å². The van der Waals surface area contributed by atoms with E-state index in [2.05, 4.69) is 0 Å². The molecule has 0 bridgehead atoms. The van der Waals surface area contributed by atoms with Gasteiger partial charge in [-0.05, 0) is 6.92 Å². The number of aliphatic hydroxyl groups is 1. The molecule has 0 spiro atoms. The van der Waals surface area contributed by atoms with Gasteiger partial charge in [-0.1, -0.05) is 0 Å². The zero-order valence-corrected chi connectivity index (χ0v) is 15.0. The normalized spacial score (nSPS) is 17.7. The van der Waals surface area contributed by atoms with Gasteiger partial charge in [-0.15, -0.1) is 0 Å². The van der Waals surface area contributed by atoms with E-state index in [4.69, 9.17) is 5.11 Å². The smallest absolute Gasteiger partial charge is 0.387 e. The lowest BCUT2D eigenvalue weighted by Gasteiger charge is -2.44. The highest BCUT2D eigenvalue weighted by Gasteiger charge is 2.98. The van der Waals surface area contributed by atoms with E-state index in [9.17, 15) is 92.2 Å². The summed E-state index contributed by atoms with van der Waals surface area (Å²) in [7, 11) is 0. The maximum absolute atomic E-state index is 13.4. The molecule has 1 nitrogen and oxygen atoms in total. The van der Waals surface area contributed by atoms with E-state index in [0.29, 0.717) is 0 Å². The first kappa shape index (κ1) is 32.5. The maximum atomic E-state index is 13.4. The van der Waals surface area contributed by atoms with Crippen molar-refractivity contribution in [2.24, 2.45) is 0 Å². The van der Waals surface area contributed by atoms with Gasteiger partial charge in [0.2, 0.25) is 0 Å². The van der Waals surface area contributed by atoms with Gasteiger partial charge in [0.05, 0.1) is 0 Å². The second-order valence-corrected chi connectivity index (χ2v) is 6.39. The van der Waals surface area contributed by atoms with Crippen LogP contribution in [-0.4, -0.2) is 70.7 Å². The van der Waals surface area contributed by atoms with E-state index >= 15 is 0 Å². The quantitative estimate of drug-likeness (QED) is 0.312. The first-order valence-electron chi connectivity index (χ1n) is 7.34. The lowest BCUT2D eigenvalue weighted by Crippen LogP contribution is -2.77. The molecule has 0 heterocycles. The molecular formula is C12H5F21O. The number of hydrogen-bond acceptors (Lipinski definition) is 1. The third-order valence-corrected chi connectivity index (χ3v) is 4.06. The summed E-state index contributed by atoms with van der Waals surface area (Å²) in [4.78, 5) is 0. The molecule has 206 valence electrons. The lowest BCUT2D eigenvalue weighted by atomic mass is 9.85. The fraction of sp³-hybridized carbons (Fsp3) is 1.00. The molecule has 0 saturated carbocycles. The van der Waals surface area contributed by atoms with Crippen LogP contribution in [0.5, 0.6) is 0 Å². The van der Waals surface area contributed by atoms with E-state index in [1.165, 1.54) is 0 Å². The van der Waals surface area contributed by atoms with Crippen molar-refractivity contribution < 1.29 is 97.3 Å². The summed E-state index contributed by atoms with van der Waals surface area (Å²) in [6, 6.07) is 0. The fourth-order valence-corrected chi connectivity index (χ4v) is 1.83. The van der Waals surface area contributed by atoms with Crippen molar-refractivity contribution in [3.8, 4) is 0 Å². The molecule has 0 rings (SSSR count). The van der Waals surface area contributed by atoms with Gasteiger partial charge in [0, 0.05) is 0 Å². The topological polar surface area (TPSA) is 20.2 Å². The first-order valence-corrected chi connectivity index (χ1v) is 7.34. The Labute approximate surface area is 171 Å². The largest absolute Gasteiger partial charge is 0.460 e. The van der Waals surface area contributed by atoms with Gasteiger partial charge in [0.25, 0.3) is 0 Å². The number of halogens is 21. The average molecular weight is 564 g/mol. The molecule has 1 unspecified atom stereocenters. The van der Waals surface area contributed by atoms with Crippen LogP contribution in [0.3, 0.4) is 0 Å². The van der Waals surface area contributed by atoms with E-state index in [1.54, 1.807) is 0 Å². The van der Waals surface area contributed by atoms with Crippen LogP contribution >= 0.6 is 0 Å². The molecule has 34 heavy (non-hydrogen) atoms.